The maximum absolute atomic E-state index is 10.3. The largest absolute Gasteiger partial charge is 0.414 e. The van der Waals surface area contributed by atoms with Gasteiger partial charge in [0.1, 0.15) is 5.75 Å². The SMILES string of the molecule is O=C(Cl)Oc1ccc(Br)c(Cl)c1. The van der Waals surface area contributed by atoms with Gasteiger partial charge in [0.15, 0.2) is 0 Å². The molecule has 1 aromatic rings. The second kappa shape index (κ2) is 4.12. The number of hydrogen-bond acceptors (Lipinski definition) is 2. The molecule has 1 aromatic carbocycles. The lowest BCUT2D eigenvalue weighted by Gasteiger charge is -2.00. The van der Waals surface area contributed by atoms with Crippen molar-refractivity contribution in [2.75, 3.05) is 0 Å². The maximum Gasteiger partial charge on any atom is 0.409 e. The van der Waals surface area contributed by atoms with Crippen molar-refractivity contribution < 1.29 is 9.53 Å². The van der Waals surface area contributed by atoms with Gasteiger partial charge < -0.3 is 4.74 Å². The average Bonchev–Trinajstić information content (AvgIpc) is 1.96. The molecule has 1 rings (SSSR count). The molecule has 0 N–H and O–H groups in total. The van der Waals surface area contributed by atoms with Crippen LogP contribution in [0, 0.1) is 0 Å². The standard InChI is InChI=1S/C7H3BrCl2O2/c8-5-2-1-4(3-6(5)9)12-7(10)11/h1-3H. The van der Waals surface area contributed by atoms with Crippen LogP contribution < -0.4 is 4.74 Å². The number of carbonyl (C=O) groups excluding carboxylic acids is 1. The topological polar surface area (TPSA) is 26.3 Å². The van der Waals surface area contributed by atoms with Crippen LogP contribution in [0.1, 0.15) is 0 Å². The molecule has 0 bridgehead atoms. The van der Waals surface area contributed by atoms with Gasteiger partial charge in [-0.25, -0.2) is 4.79 Å². The lowest BCUT2D eigenvalue weighted by molar-refractivity contribution is 0.225. The van der Waals surface area contributed by atoms with Crippen LogP contribution >= 0.6 is 39.1 Å². The Hall–Kier alpha value is -0.250. The number of halogens is 3. The molecule has 5 heteroatoms. The number of rotatable bonds is 1. The molecular weight excluding hydrogens is 267 g/mol. The Bertz CT molecular complexity index is 314. The van der Waals surface area contributed by atoms with Gasteiger partial charge in [-0.15, -0.1) is 0 Å². The van der Waals surface area contributed by atoms with Crippen LogP contribution in [0.5, 0.6) is 5.75 Å². The second-order valence-corrected chi connectivity index (χ2v) is 3.49. The van der Waals surface area contributed by atoms with Crippen molar-refractivity contribution in [1.29, 1.82) is 0 Å². The van der Waals surface area contributed by atoms with E-state index in [0.717, 1.165) is 4.47 Å². The van der Waals surface area contributed by atoms with E-state index in [1.54, 1.807) is 12.1 Å². The fraction of sp³-hybridized carbons (Fsp3) is 0. The lowest BCUT2D eigenvalue weighted by atomic mass is 10.3. The van der Waals surface area contributed by atoms with Crippen LogP contribution in [0.4, 0.5) is 4.79 Å². The molecule has 0 aliphatic carbocycles. The fourth-order valence-corrected chi connectivity index (χ4v) is 1.14. The van der Waals surface area contributed by atoms with Crippen LogP contribution in [0.3, 0.4) is 0 Å². The molecule has 0 fully saturated rings. The van der Waals surface area contributed by atoms with E-state index in [1.165, 1.54) is 6.07 Å². The van der Waals surface area contributed by atoms with Gasteiger partial charge in [0, 0.05) is 22.1 Å². The Morgan fingerprint density at radius 1 is 1.50 bits per heavy atom. The van der Waals surface area contributed by atoms with Gasteiger partial charge in [-0.3, -0.25) is 0 Å². The summed E-state index contributed by atoms with van der Waals surface area (Å²) in [5.74, 6) is 0.322. The predicted molar refractivity (Wildman–Crippen MR) is 51.0 cm³/mol. The Labute approximate surface area is 87.5 Å². The first-order chi connectivity index (χ1) is 5.59. The first kappa shape index (κ1) is 9.84. The van der Waals surface area contributed by atoms with Crippen LogP contribution in [0.15, 0.2) is 22.7 Å². The van der Waals surface area contributed by atoms with Crippen LogP contribution in [0.2, 0.25) is 5.02 Å². The van der Waals surface area contributed by atoms with Crippen molar-refractivity contribution in [3.05, 3.63) is 27.7 Å². The molecule has 0 saturated heterocycles. The quantitative estimate of drug-likeness (QED) is 0.724. The summed E-state index contributed by atoms with van der Waals surface area (Å²) >= 11 is 13.9. The summed E-state index contributed by atoms with van der Waals surface area (Å²) in [4.78, 5) is 10.3. The molecule has 0 aliphatic heterocycles. The van der Waals surface area contributed by atoms with Crippen LogP contribution in [-0.4, -0.2) is 5.43 Å². The molecule has 0 amide bonds. The Morgan fingerprint density at radius 3 is 2.67 bits per heavy atom. The summed E-state index contributed by atoms with van der Waals surface area (Å²) in [5.41, 5.74) is -0.881. The Morgan fingerprint density at radius 2 is 2.17 bits per heavy atom. The number of benzene rings is 1. The molecule has 0 spiro atoms. The minimum atomic E-state index is -0.881. The van der Waals surface area contributed by atoms with E-state index >= 15 is 0 Å². The zero-order valence-corrected chi connectivity index (χ0v) is 8.78. The molecule has 0 aliphatic rings. The van der Waals surface area contributed by atoms with Gasteiger partial charge in [0.25, 0.3) is 0 Å². The molecule has 0 radical (unpaired) electrons. The predicted octanol–water partition coefficient (Wildman–Crippen LogP) is 3.84. The summed E-state index contributed by atoms with van der Waals surface area (Å²) < 4.78 is 5.31. The zero-order valence-electron chi connectivity index (χ0n) is 5.68. The van der Waals surface area contributed by atoms with E-state index in [-0.39, 0.29) is 0 Å². The molecule has 0 unspecified atom stereocenters. The Kier molecular flexibility index (Phi) is 3.38. The van der Waals surface area contributed by atoms with E-state index in [4.69, 9.17) is 23.2 Å². The monoisotopic (exact) mass is 268 g/mol. The summed E-state index contributed by atoms with van der Waals surface area (Å²) in [6.07, 6.45) is 0. The number of carbonyl (C=O) groups is 1. The zero-order chi connectivity index (χ0) is 9.14. The van der Waals surface area contributed by atoms with Gasteiger partial charge in [-0.05, 0) is 28.1 Å². The summed E-state index contributed by atoms with van der Waals surface area (Å²) in [6.45, 7) is 0. The van der Waals surface area contributed by atoms with E-state index in [0.29, 0.717) is 10.8 Å². The highest BCUT2D eigenvalue weighted by Gasteiger charge is 2.02. The van der Waals surface area contributed by atoms with Gasteiger partial charge in [-0.1, -0.05) is 11.6 Å². The van der Waals surface area contributed by atoms with Gasteiger partial charge in [-0.2, -0.15) is 0 Å². The third-order valence-corrected chi connectivity index (χ3v) is 2.40. The molecule has 0 saturated carbocycles. The van der Waals surface area contributed by atoms with Gasteiger partial charge in [0.05, 0.1) is 5.02 Å². The molecule has 64 valence electrons. The molecule has 0 aromatic heterocycles. The summed E-state index contributed by atoms with van der Waals surface area (Å²) in [7, 11) is 0. The normalized spacial score (nSPS) is 9.58. The van der Waals surface area contributed by atoms with E-state index in [1.807, 2.05) is 0 Å². The van der Waals surface area contributed by atoms with Gasteiger partial charge in [0.2, 0.25) is 0 Å². The van der Waals surface area contributed by atoms with Crippen molar-refractivity contribution >= 4 is 44.6 Å². The highest BCUT2D eigenvalue weighted by Crippen LogP contribution is 2.26. The van der Waals surface area contributed by atoms with Crippen LogP contribution in [0.25, 0.3) is 0 Å². The first-order valence-corrected chi connectivity index (χ1v) is 4.47. The average molecular weight is 270 g/mol. The first-order valence-electron chi connectivity index (χ1n) is 2.92. The minimum Gasteiger partial charge on any atom is -0.414 e. The third-order valence-electron chi connectivity index (χ3n) is 1.09. The minimum absolute atomic E-state index is 0.322. The summed E-state index contributed by atoms with van der Waals surface area (Å²) in [6, 6.07) is 4.74. The fourth-order valence-electron chi connectivity index (χ4n) is 0.633. The van der Waals surface area contributed by atoms with Crippen molar-refractivity contribution in [3.8, 4) is 5.75 Å². The third kappa shape index (κ3) is 2.66. The maximum atomic E-state index is 10.3. The molecular formula is C7H3BrCl2O2. The highest BCUT2D eigenvalue weighted by atomic mass is 79.9. The number of hydrogen-bond donors (Lipinski definition) is 0. The van der Waals surface area contributed by atoms with E-state index in [9.17, 15) is 4.79 Å². The molecule has 2 nitrogen and oxygen atoms in total. The Balaban J connectivity index is 2.89. The highest BCUT2D eigenvalue weighted by molar-refractivity contribution is 9.10. The smallest absolute Gasteiger partial charge is 0.409 e. The molecule has 0 heterocycles. The van der Waals surface area contributed by atoms with Crippen LogP contribution in [-0.2, 0) is 0 Å². The van der Waals surface area contributed by atoms with E-state index in [2.05, 4.69) is 20.7 Å². The number of ether oxygens (including phenoxy) is 1. The van der Waals surface area contributed by atoms with E-state index < -0.39 is 5.43 Å². The lowest BCUT2D eigenvalue weighted by Crippen LogP contribution is -1.95. The van der Waals surface area contributed by atoms with Crippen molar-refractivity contribution in [1.82, 2.24) is 0 Å². The summed E-state index contributed by atoms with van der Waals surface area (Å²) in [5, 5.41) is 0.463. The van der Waals surface area contributed by atoms with Crippen molar-refractivity contribution in [3.63, 3.8) is 0 Å². The van der Waals surface area contributed by atoms with Crippen molar-refractivity contribution in [2.24, 2.45) is 0 Å². The van der Waals surface area contributed by atoms with Gasteiger partial charge >= 0.3 is 5.43 Å². The second-order valence-electron chi connectivity index (χ2n) is 1.92. The molecule has 0 atom stereocenters. The van der Waals surface area contributed by atoms with Crippen molar-refractivity contribution in [2.45, 2.75) is 0 Å². The molecule has 12 heavy (non-hydrogen) atoms.